The minimum Gasteiger partial charge on any atom is -0.454 e. The number of rotatable bonds is 3. The van der Waals surface area contributed by atoms with Crippen LogP contribution >= 0.6 is 0 Å². The van der Waals surface area contributed by atoms with E-state index in [9.17, 15) is 9.59 Å². The van der Waals surface area contributed by atoms with Crippen molar-refractivity contribution in [3.05, 3.63) is 82.2 Å². The average Bonchev–Trinajstić information content (AvgIpc) is 3.19. The Morgan fingerprint density at radius 2 is 1.79 bits per heavy atom. The fourth-order valence-corrected chi connectivity index (χ4v) is 3.36. The van der Waals surface area contributed by atoms with Gasteiger partial charge >= 0.3 is 5.63 Å². The number of amides is 1. The van der Waals surface area contributed by atoms with Gasteiger partial charge in [-0.15, -0.1) is 0 Å². The van der Waals surface area contributed by atoms with Crippen molar-refractivity contribution in [2.24, 2.45) is 0 Å². The second-order valence-electron chi connectivity index (χ2n) is 6.52. The molecule has 1 aliphatic rings. The van der Waals surface area contributed by atoms with Crippen molar-refractivity contribution >= 4 is 27.6 Å². The third-order valence-corrected chi connectivity index (χ3v) is 4.78. The molecule has 4 aromatic rings. The zero-order valence-electron chi connectivity index (χ0n) is 14.7. The molecule has 1 amide bonds. The molecule has 0 bridgehead atoms. The fraction of sp³-hybridized carbons (Fsp3) is 0.0909. The van der Waals surface area contributed by atoms with Crippen LogP contribution in [0.15, 0.2) is 69.9 Å². The summed E-state index contributed by atoms with van der Waals surface area (Å²) in [6.45, 7) is 0.444. The van der Waals surface area contributed by atoms with E-state index in [-0.39, 0.29) is 18.9 Å². The molecule has 1 aliphatic heterocycles. The number of hydrogen-bond donors (Lipinski definition) is 1. The lowest BCUT2D eigenvalue weighted by Gasteiger charge is -2.07. The molecular weight excluding hydrogens is 358 g/mol. The van der Waals surface area contributed by atoms with Crippen LogP contribution in [0.3, 0.4) is 0 Å². The van der Waals surface area contributed by atoms with E-state index in [1.54, 1.807) is 24.3 Å². The standard InChI is InChI=1S/C22H15NO5/c24-21(23-11-13-5-7-19-20(9-13)27-12-26-19)17-10-16-15-4-2-1-3-14(15)6-8-18(16)28-22(17)25/h1-10H,11-12H2,(H,23,24). The Hall–Kier alpha value is -3.80. The number of carbonyl (C=O) groups is 1. The lowest BCUT2D eigenvalue weighted by Crippen LogP contribution is -2.27. The normalized spacial score (nSPS) is 12.4. The van der Waals surface area contributed by atoms with Crippen molar-refractivity contribution in [3.63, 3.8) is 0 Å². The number of hydrogen-bond acceptors (Lipinski definition) is 5. The Balaban J connectivity index is 1.46. The van der Waals surface area contributed by atoms with Gasteiger partial charge in [0.15, 0.2) is 11.5 Å². The first-order valence-corrected chi connectivity index (χ1v) is 8.81. The van der Waals surface area contributed by atoms with E-state index in [0.717, 1.165) is 21.7 Å². The molecule has 0 atom stereocenters. The molecular formula is C22H15NO5. The molecule has 2 heterocycles. The molecule has 28 heavy (non-hydrogen) atoms. The van der Waals surface area contributed by atoms with Crippen molar-refractivity contribution in [2.75, 3.05) is 6.79 Å². The van der Waals surface area contributed by atoms with Gasteiger partial charge in [-0.05, 0) is 40.6 Å². The van der Waals surface area contributed by atoms with Gasteiger partial charge in [0.2, 0.25) is 6.79 Å². The van der Waals surface area contributed by atoms with E-state index in [0.29, 0.717) is 17.1 Å². The Kier molecular flexibility index (Phi) is 3.76. The van der Waals surface area contributed by atoms with Crippen LogP contribution < -0.4 is 20.4 Å². The van der Waals surface area contributed by atoms with Gasteiger partial charge in [-0.25, -0.2) is 4.79 Å². The molecule has 0 unspecified atom stereocenters. The van der Waals surface area contributed by atoms with Crippen molar-refractivity contribution in [1.29, 1.82) is 0 Å². The maximum absolute atomic E-state index is 12.6. The fourth-order valence-electron chi connectivity index (χ4n) is 3.36. The summed E-state index contributed by atoms with van der Waals surface area (Å²) in [5.74, 6) is 0.835. The van der Waals surface area contributed by atoms with E-state index >= 15 is 0 Å². The summed E-state index contributed by atoms with van der Waals surface area (Å²) in [4.78, 5) is 24.9. The van der Waals surface area contributed by atoms with E-state index in [1.165, 1.54) is 0 Å². The Bertz CT molecular complexity index is 1290. The largest absolute Gasteiger partial charge is 0.454 e. The van der Waals surface area contributed by atoms with E-state index in [1.807, 2.05) is 36.4 Å². The van der Waals surface area contributed by atoms with Crippen molar-refractivity contribution in [1.82, 2.24) is 5.32 Å². The Morgan fingerprint density at radius 3 is 2.71 bits per heavy atom. The van der Waals surface area contributed by atoms with Gasteiger partial charge in [0.05, 0.1) is 0 Å². The molecule has 138 valence electrons. The van der Waals surface area contributed by atoms with E-state index in [2.05, 4.69) is 5.32 Å². The monoisotopic (exact) mass is 373 g/mol. The number of benzene rings is 3. The molecule has 0 spiro atoms. The molecule has 0 fully saturated rings. The van der Waals surface area contributed by atoms with Crippen molar-refractivity contribution < 1.29 is 18.7 Å². The van der Waals surface area contributed by atoms with E-state index in [4.69, 9.17) is 13.9 Å². The molecule has 3 aromatic carbocycles. The zero-order valence-corrected chi connectivity index (χ0v) is 14.7. The van der Waals surface area contributed by atoms with Crippen LogP contribution in [0, 0.1) is 0 Å². The predicted octanol–water partition coefficient (Wildman–Crippen LogP) is 3.60. The van der Waals surface area contributed by atoms with Gasteiger partial charge in [0.25, 0.3) is 5.91 Å². The highest BCUT2D eigenvalue weighted by atomic mass is 16.7. The lowest BCUT2D eigenvalue weighted by molar-refractivity contribution is 0.0947. The maximum Gasteiger partial charge on any atom is 0.349 e. The first kappa shape index (κ1) is 16.4. The van der Waals surface area contributed by atoms with Crippen LogP contribution in [0.1, 0.15) is 15.9 Å². The van der Waals surface area contributed by atoms with Gasteiger partial charge in [-0.1, -0.05) is 36.4 Å². The SMILES string of the molecule is O=C(NCc1ccc2c(c1)OCO2)c1cc2c(ccc3ccccc32)oc1=O. The molecule has 0 saturated carbocycles. The molecule has 0 saturated heterocycles. The first-order valence-electron chi connectivity index (χ1n) is 8.81. The number of carbonyl (C=O) groups excluding carboxylic acids is 1. The number of nitrogens with one attached hydrogen (secondary N) is 1. The topological polar surface area (TPSA) is 77.8 Å². The van der Waals surface area contributed by atoms with Crippen LogP contribution in [-0.2, 0) is 6.54 Å². The minimum atomic E-state index is -0.661. The number of fused-ring (bicyclic) bond motifs is 4. The van der Waals surface area contributed by atoms with Crippen LogP contribution in [0.25, 0.3) is 21.7 Å². The second kappa shape index (κ2) is 6.42. The van der Waals surface area contributed by atoms with Crippen LogP contribution in [-0.4, -0.2) is 12.7 Å². The lowest BCUT2D eigenvalue weighted by atomic mass is 10.0. The van der Waals surface area contributed by atoms with Gasteiger partial charge in [-0.2, -0.15) is 0 Å². The smallest absolute Gasteiger partial charge is 0.349 e. The first-order chi connectivity index (χ1) is 13.7. The van der Waals surface area contributed by atoms with Gasteiger partial charge in [-0.3, -0.25) is 4.79 Å². The summed E-state index contributed by atoms with van der Waals surface area (Å²) >= 11 is 0. The van der Waals surface area contributed by atoms with Gasteiger partial charge < -0.3 is 19.2 Å². The summed E-state index contributed by atoms with van der Waals surface area (Å²) in [7, 11) is 0. The van der Waals surface area contributed by atoms with Crippen LogP contribution in [0.5, 0.6) is 11.5 Å². The molecule has 6 heteroatoms. The second-order valence-corrected chi connectivity index (χ2v) is 6.52. The zero-order chi connectivity index (χ0) is 19.1. The summed E-state index contributed by atoms with van der Waals surface area (Å²) in [5.41, 5.74) is 0.611. The quantitative estimate of drug-likeness (QED) is 0.438. The van der Waals surface area contributed by atoms with E-state index < -0.39 is 11.5 Å². The van der Waals surface area contributed by atoms with Gasteiger partial charge in [0, 0.05) is 11.9 Å². The van der Waals surface area contributed by atoms with Crippen molar-refractivity contribution in [2.45, 2.75) is 6.54 Å². The highest BCUT2D eigenvalue weighted by Gasteiger charge is 2.16. The summed E-state index contributed by atoms with van der Waals surface area (Å²) in [6.07, 6.45) is 0. The van der Waals surface area contributed by atoms with Gasteiger partial charge in [0.1, 0.15) is 11.1 Å². The Morgan fingerprint density at radius 1 is 0.929 bits per heavy atom. The summed E-state index contributed by atoms with van der Waals surface area (Å²) in [6, 6.07) is 18.4. The molecule has 1 aromatic heterocycles. The highest BCUT2D eigenvalue weighted by Crippen LogP contribution is 2.32. The van der Waals surface area contributed by atoms with Crippen molar-refractivity contribution in [3.8, 4) is 11.5 Å². The number of ether oxygens (including phenoxy) is 2. The molecule has 5 rings (SSSR count). The highest BCUT2D eigenvalue weighted by molar-refractivity contribution is 6.07. The third-order valence-electron chi connectivity index (χ3n) is 4.78. The molecule has 0 aliphatic carbocycles. The summed E-state index contributed by atoms with van der Waals surface area (Å²) < 4.78 is 16.0. The summed E-state index contributed by atoms with van der Waals surface area (Å²) in [5, 5.41) is 5.43. The molecule has 0 radical (unpaired) electrons. The maximum atomic E-state index is 12.6. The third kappa shape index (κ3) is 2.75. The predicted molar refractivity (Wildman–Crippen MR) is 104 cm³/mol. The molecule has 1 N–H and O–H groups in total. The van der Waals surface area contributed by atoms with Crippen LogP contribution in [0.4, 0.5) is 0 Å². The average molecular weight is 373 g/mol. The van der Waals surface area contributed by atoms with Crippen LogP contribution in [0.2, 0.25) is 0 Å². The Labute approximate surface area is 159 Å². The molecule has 6 nitrogen and oxygen atoms in total. The minimum absolute atomic E-state index is 0.0235.